The molecule has 0 saturated heterocycles. The highest BCUT2D eigenvalue weighted by molar-refractivity contribution is 9.10. The molecule has 1 aromatic heterocycles. The summed E-state index contributed by atoms with van der Waals surface area (Å²) >= 11 is 3.50. The molecule has 2 aromatic rings. The summed E-state index contributed by atoms with van der Waals surface area (Å²) in [6.45, 7) is 4.84. The van der Waals surface area contributed by atoms with Gasteiger partial charge in [0.25, 0.3) is 0 Å². The molecule has 1 N–H and O–H groups in total. The Balaban J connectivity index is 1.85. The van der Waals surface area contributed by atoms with E-state index in [4.69, 9.17) is 4.74 Å². The van der Waals surface area contributed by atoms with Crippen LogP contribution >= 0.6 is 15.9 Å². The van der Waals surface area contributed by atoms with Crippen molar-refractivity contribution in [1.29, 1.82) is 0 Å². The van der Waals surface area contributed by atoms with E-state index in [0.29, 0.717) is 6.04 Å². The molecule has 3 nitrogen and oxygen atoms in total. The van der Waals surface area contributed by atoms with Crippen molar-refractivity contribution >= 4 is 15.9 Å². The Morgan fingerprint density at radius 1 is 1.24 bits per heavy atom. The molecule has 0 bridgehead atoms. The predicted molar refractivity (Wildman–Crippen MR) is 87.8 cm³/mol. The summed E-state index contributed by atoms with van der Waals surface area (Å²) in [5.74, 6) is 1.76. The van der Waals surface area contributed by atoms with Gasteiger partial charge in [-0.2, -0.15) is 0 Å². The van der Waals surface area contributed by atoms with E-state index in [1.807, 2.05) is 31.3 Å². The number of hydrogen-bond acceptors (Lipinski definition) is 3. The van der Waals surface area contributed by atoms with Crippen LogP contribution in [-0.2, 0) is 6.54 Å². The minimum atomic E-state index is 0.673. The summed E-state index contributed by atoms with van der Waals surface area (Å²) in [4.78, 5) is 4.39. The van der Waals surface area contributed by atoms with Crippen LogP contribution in [0.3, 0.4) is 0 Å². The third-order valence-corrected chi connectivity index (χ3v) is 4.10. The predicted octanol–water partition coefficient (Wildman–Crippen LogP) is 4.51. The average Bonchev–Trinajstić information content (AvgIpc) is 3.26. The summed E-state index contributed by atoms with van der Waals surface area (Å²) in [5.41, 5.74) is 3.19. The molecule has 1 aliphatic carbocycles. The highest BCUT2D eigenvalue weighted by Crippen LogP contribution is 2.31. The van der Waals surface area contributed by atoms with Crippen LogP contribution in [0.5, 0.6) is 11.5 Å². The minimum Gasteiger partial charge on any atom is -0.457 e. The molecule has 0 spiro atoms. The molecule has 0 aliphatic heterocycles. The van der Waals surface area contributed by atoms with Crippen LogP contribution in [0.4, 0.5) is 0 Å². The van der Waals surface area contributed by atoms with E-state index in [1.54, 1.807) is 0 Å². The van der Waals surface area contributed by atoms with Crippen LogP contribution in [0, 0.1) is 13.8 Å². The second kappa shape index (κ2) is 6.16. The number of aromatic nitrogens is 1. The van der Waals surface area contributed by atoms with E-state index in [2.05, 4.69) is 39.2 Å². The number of halogens is 1. The number of nitrogens with one attached hydrogen (secondary N) is 1. The topological polar surface area (TPSA) is 34.1 Å². The molecular formula is C17H19BrN2O. The standard InChI is InChI=1S/C17H19BrN2O/c1-11-3-4-14(18)8-16(11)21-17-7-12(2)19-9-13(17)10-20-15-5-6-15/h3-4,7-9,15,20H,5-6,10H2,1-2H3. The number of benzene rings is 1. The van der Waals surface area contributed by atoms with Crippen LogP contribution in [0.15, 0.2) is 34.9 Å². The largest absolute Gasteiger partial charge is 0.457 e. The van der Waals surface area contributed by atoms with E-state index in [-0.39, 0.29) is 0 Å². The Bertz CT molecular complexity index is 653. The minimum absolute atomic E-state index is 0.673. The molecule has 1 heterocycles. The maximum absolute atomic E-state index is 6.14. The lowest BCUT2D eigenvalue weighted by atomic mass is 10.2. The van der Waals surface area contributed by atoms with Crippen LogP contribution < -0.4 is 10.1 Å². The number of pyridine rings is 1. The molecule has 3 rings (SSSR count). The van der Waals surface area contributed by atoms with E-state index < -0.39 is 0 Å². The second-order valence-corrected chi connectivity index (χ2v) is 6.52. The molecule has 4 heteroatoms. The highest BCUT2D eigenvalue weighted by atomic mass is 79.9. The molecular weight excluding hydrogens is 328 g/mol. The third-order valence-electron chi connectivity index (χ3n) is 3.61. The maximum Gasteiger partial charge on any atom is 0.135 e. The fourth-order valence-electron chi connectivity index (χ4n) is 2.13. The van der Waals surface area contributed by atoms with Gasteiger partial charge in [0.15, 0.2) is 0 Å². The lowest BCUT2D eigenvalue weighted by Gasteiger charge is -2.14. The van der Waals surface area contributed by atoms with Gasteiger partial charge in [-0.05, 0) is 44.4 Å². The average molecular weight is 347 g/mol. The maximum atomic E-state index is 6.14. The van der Waals surface area contributed by atoms with E-state index in [9.17, 15) is 0 Å². The summed E-state index contributed by atoms with van der Waals surface area (Å²) in [6.07, 6.45) is 4.47. The molecule has 1 fully saturated rings. The third kappa shape index (κ3) is 3.83. The number of hydrogen-bond donors (Lipinski definition) is 1. The number of aryl methyl sites for hydroxylation is 2. The first-order valence-corrected chi connectivity index (χ1v) is 8.04. The first-order valence-electron chi connectivity index (χ1n) is 7.25. The lowest BCUT2D eigenvalue weighted by Crippen LogP contribution is -2.16. The normalized spacial score (nSPS) is 14.2. The fraction of sp³-hybridized carbons (Fsp3) is 0.353. The summed E-state index contributed by atoms with van der Waals surface area (Å²) < 4.78 is 7.16. The van der Waals surface area contributed by atoms with Crippen LogP contribution in [0.25, 0.3) is 0 Å². The SMILES string of the molecule is Cc1cc(Oc2cc(Br)ccc2C)c(CNC2CC2)cn1. The van der Waals surface area contributed by atoms with Gasteiger partial charge in [-0.15, -0.1) is 0 Å². The quantitative estimate of drug-likeness (QED) is 0.864. The smallest absolute Gasteiger partial charge is 0.135 e. The first-order chi connectivity index (χ1) is 10.1. The second-order valence-electron chi connectivity index (χ2n) is 5.60. The van der Waals surface area contributed by atoms with Gasteiger partial charge in [0.1, 0.15) is 11.5 Å². The van der Waals surface area contributed by atoms with Crippen LogP contribution in [0.2, 0.25) is 0 Å². The van der Waals surface area contributed by atoms with Gasteiger partial charge >= 0.3 is 0 Å². The van der Waals surface area contributed by atoms with Gasteiger partial charge in [-0.25, -0.2) is 0 Å². The van der Waals surface area contributed by atoms with Gasteiger partial charge in [0, 0.05) is 40.6 Å². The molecule has 1 aromatic carbocycles. The van der Waals surface area contributed by atoms with Crippen molar-refractivity contribution in [1.82, 2.24) is 10.3 Å². The fourth-order valence-corrected chi connectivity index (χ4v) is 2.47. The van der Waals surface area contributed by atoms with Crippen molar-refractivity contribution < 1.29 is 4.74 Å². The summed E-state index contributed by atoms with van der Waals surface area (Å²) in [7, 11) is 0. The van der Waals surface area contributed by atoms with Crippen LogP contribution in [0.1, 0.15) is 29.7 Å². The van der Waals surface area contributed by atoms with E-state index in [0.717, 1.165) is 39.3 Å². The van der Waals surface area contributed by atoms with Gasteiger partial charge in [-0.3, -0.25) is 4.98 Å². The lowest BCUT2D eigenvalue weighted by molar-refractivity contribution is 0.467. The molecule has 110 valence electrons. The molecule has 0 radical (unpaired) electrons. The summed E-state index contributed by atoms with van der Waals surface area (Å²) in [5, 5.41) is 3.52. The Morgan fingerprint density at radius 3 is 2.81 bits per heavy atom. The zero-order chi connectivity index (χ0) is 14.8. The van der Waals surface area contributed by atoms with Gasteiger partial charge in [0.2, 0.25) is 0 Å². The highest BCUT2D eigenvalue weighted by Gasteiger charge is 2.21. The molecule has 0 amide bonds. The van der Waals surface area contributed by atoms with Crippen LogP contribution in [-0.4, -0.2) is 11.0 Å². The zero-order valence-electron chi connectivity index (χ0n) is 12.3. The molecule has 21 heavy (non-hydrogen) atoms. The van der Waals surface area contributed by atoms with Crippen molar-refractivity contribution in [3.8, 4) is 11.5 Å². The number of rotatable bonds is 5. The molecule has 1 aliphatic rings. The first kappa shape index (κ1) is 14.5. The summed E-state index contributed by atoms with van der Waals surface area (Å²) in [6, 6.07) is 8.75. The van der Waals surface area contributed by atoms with E-state index >= 15 is 0 Å². The van der Waals surface area contributed by atoms with Crippen molar-refractivity contribution in [3.05, 3.63) is 51.8 Å². The van der Waals surface area contributed by atoms with Gasteiger partial charge in [0.05, 0.1) is 0 Å². The van der Waals surface area contributed by atoms with Gasteiger partial charge < -0.3 is 10.1 Å². The Hall–Kier alpha value is -1.39. The van der Waals surface area contributed by atoms with Crippen molar-refractivity contribution in [2.75, 3.05) is 0 Å². The van der Waals surface area contributed by atoms with Gasteiger partial charge in [-0.1, -0.05) is 22.0 Å². The van der Waals surface area contributed by atoms with E-state index in [1.165, 1.54) is 12.8 Å². The molecule has 0 unspecified atom stereocenters. The zero-order valence-corrected chi connectivity index (χ0v) is 13.9. The Labute approximate surface area is 133 Å². The van der Waals surface area contributed by atoms with Crippen molar-refractivity contribution in [2.24, 2.45) is 0 Å². The number of nitrogens with zero attached hydrogens (tertiary/aromatic N) is 1. The number of ether oxygens (including phenoxy) is 1. The Kier molecular flexibility index (Phi) is 4.27. The molecule has 1 saturated carbocycles. The monoisotopic (exact) mass is 346 g/mol. The Morgan fingerprint density at radius 2 is 2.05 bits per heavy atom. The molecule has 0 atom stereocenters. The van der Waals surface area contributed by atoms with Crippen molar-refractivity contribution in [2.45, 2.75) is 39.3 Å². The van der Waals surface area contributed by atoms with Crippen molar-refractivity contribution in [3.63, 3.8) is 0 Å².